The van der Waals surface area contributed by atoms with Crippen molar-refractivity contribution in [3.63, 3.8) is 0 Å². The lowest BCUT2D eigenvalue weighted by atomic mass is 9.80. The summed E-state index contributed by atoms with van der Waals surface area (Å²) in [6.07, 6.45) is 0.142. The molecule has 1 fully saturated rings. The standard InChI is InChI=1S/C24H30O3/c1-23(2,3)19-12-8-7-10-17(19)21(25)18-11-9-13-20(24(4,5)6)22(18)27-15-16-14-26-16/h7-13,16H,14-15H2,1-6H3. The minimum absolute atomic E-state index is 0.0124. The molecule has 2 aromatic rings. The number of carbonyl (C=O) groups excluding carboxylic acids is 1. The normalized spacial score (nSPS) is 16.9. The number of ketones is 1. The van der Waals surface area contributed by atoms with Gasteiger partial charge in [0.05, 0.1) is 12.2 Å². The number of hydrogen-bond donors (Lipinski definition) is 0. The van der Waals surface area contributed by atoms with Crippen LogP contribution in [-0.2, 0) is 15.6 Å². The summed E-state index contributed by atoms with van der Waals surface area (Å²) in [7, 11) is 0. The summed E-state index contributed by atoms with van der Waals surface area (Å²) >= 11 is 0. The molecule has 2 aromatic carbocycles. The SMILES string of the molecule is CC(C)(C)c1ccccc1C(=O)c1cccc(C(C)(C)C)c1OCC1CO1. The summed E-state index contributed by atoms with van der Waals surface area (Å²) in [5, 5.41) is 0. The second-order valence-electron chi connectivity index (χ2n) is 9.32. The first-order valence-corrected chi connectivity index (χ1v) is 9.61. The van der Waals surface area contributed by atoms with Crippen molar-refractivity contribution in [3.8, 4) is 5.75 Å². The van der Waals surface area contributed by atoms with Crippen LogP contribution in [0.15, 0.2) is 42.5 Å². The maximum atomic E-state index is 13.6. The van der Waals surface area contributed by atoms with Crippen molar-refractivity contribution >= 4 is 5.78 Å². The quantitative estimate of drug-likeness (QED) is 0.533. The van der Waals surface area contributed by atoms with Crippen molar-refractivity contribution in [2.45, 2.75) is 58.5 Å². The van der Waals surface area contributed by atoms with Crippen LogP contribution >= 0.6 is 0 Å². The lowest BCUT2D eigenvalue weighted by molar-refractivity contribution is 0.103. The molecular weight excluding hydrogens is 336 g/mol. The maximum absolute atomic E-state index is 13.6. The molecule has 1 aliphatic rings. The Balaban J connectivity index is 2.09. The van der Waals surface area contributed by atoms with Gasteiger partial charge in [-0.1, -0.05) is 77.9 Å². The molecule has 0 radical (unpaired) electrons. The largest absolute Gasteiger partial charge is 0.490 e. The maximum Gasteiger partial charge on any atom is 0.197 e. The monoisotopic (exact) mass is 366 g/mol. The molecule has 3 heteroatoms. The number of carbonyl (C=O) groups is 1. The highest BCUT2D eigenvalue weighted by Gasteiger charge is 2.30. The fourth-order valence-corrected chi connectivity index (χ4v) is 3.28. The van der Waals surface area contributed by atoms with E-state index < -0.39 is 0 Å². The highest BCUT2D eigenvalue weighted by molar-refractivity contribution is 6.12. The lowest BCUT2D eigenvalue weighted by Gasteiger charge is -2.26. The van der Waals surface area contributed by atoms with Gasteiger partial charge in [-0.05, 0) is 22.5 Å². The van der Waals surface area contributed by atoms with Crippen LogP contribution in [0.5, 0.6) is 5.75 Å². The van der Waals surface area contributed by atoms with Crippen LogP contribution in [-0.4, -0.2) is 25.1 Å². The Bertz CT molecular complexity index is 833. The van der Waals surface area contributed by atoms with Crippen LogP contribution in [0.1, 0.15) is 68.6 Å². The van der Waals surface area contributed by atoms with E-state index >= 15 is 0 Å². The summed E-state index contributed by atoms with van der Waals surface area (Å²) in [6.45, 7) is 14.0. The van der Waals surface area contributed by atoms with Gasteiger partial charge in [0, 0.05) is 11.1 Å². The van der Waals surface area contributed by atoms with Crippen LogP contribution in [0, 0.1) is 0 Å². The van der Waals surface area contributed by atoms with Gasteiger partial charge in [0.2, 0.25) is 0 Å². The molecule has 0 aromatic heterocycles. The van der Waals surface area contributed by atoms with Gasteiger partial charge in [-0.25, -0.2) is 0 Å². The van der Waals surface area contributed by atoms with E-state index in [9.17, 15) is 4.79 Å². The molecule has 1 saturated heterocycles. The topological polar surface area (TPSA) is 38.8 Å². The number of rotatable bonds is 5. The zero-order valence-electron chi connectivity index (χ0n) is 17.3. The molecule has 3 nitrogen and oxygen atoms in total. The summed E-state index contributed by atoms with van der Waals surface area (Å²) in [4.78, 5) is 13.6. The third-order valence-electron chi connectivity index (χ3n) is 4.86. The molecule has 0 saturated carbocycles. The predicted octanol–water partition coefficient (Wildman–Crippen LogP) is 5.29. The van der Waals surface area contributed by atoms with Crippen molar-refractivity contribution in [2.75, 3.05) is 13.2 Å². The van der Waals surface area contributed by atoms with Gasteiger partial charge in [-0.15, -0.1) is 0 Å². The molecule has 0 spiro atoms. The molecule has 0 aliphatic carbocycles. The lowest BCUT2D eigenvalue weighted by Crippen LogP contribution is -2.20. The molecule has 1 heterocycles. The van der Waals surface area contributed by atoms with Gasteiger partial charge < -0.3 is 9.47 Å². The molecule has 1 unspecified atom stereocenters. The van der Waals surface area contributed by atoms with E-state index in [4.69, 9.17) is 9.47 Å². The number of hydrogen-bond acceptors (Lipinski definition) is 3. The van der Waals surface area contributed by atoms with Crippen molar-refractivity contribution in [2.24, 2.45) is 0 Å². The van der Waals surface area contributed by atoms with E-state index in [1.54, 1.807) is 0 Å². The third kappa shape index (κ3) is 4.41. The zero-order valence-corrected chi connectivity index (χ0v) is 17.3. The summed E-state index contributed by atoms with van der Waals surface area (Å²) < 4.78 is 11.4. The minimum atomic E-state index is -0.125. The van der Waals surface area contributed by atoms with Crippen LogP contribution in [0.3, 0.4) is 0 Å². The van der Waals surface area contributed by atoms with Gasteiger partial charge in [0.25, 0.3) is 0 Å². The molecule has 0 amide bonds. The molecule has 1 atom stereocenters. The van der Waals surface area contributed by atoms with E-state index in [0.29, 0.717) is 17.9 Å². The Labute approximate surface area is 162 Å². The molecule has 27 heavy (non-hydrogen) atoms. The van der Waals surface area contributed by atoms with E-state index in [-0.39, 0.29) is 22.7 Å². The second kappa shape index (κ2) is 7.12. The average Bonchev–Trinajstić information content (AvgIpc) is 3.42. The fraction of sp³-hybridized carbons (Fsp3) is 0.458. The third-order valence-corrected chi connectivity index (χ3v) is 4.86. The number of para-hydroxylation sites is 1. The summed E-state index contributed by atoms with van der Waals surface area (Å²) in [6, 6.07) is 13.8. The van der Waals surface area contributed by atoms with Gasteiger partial charge in [-0.3, -0.25) is 4.79 Å². The van der Waals surface area contributed by atoms with Gasteiger partial charge in [-0.2, -0.15) is 0 Å². The Morgan fingerprint density at radius 2 is 1.48 bits per heavy atom. The second-order valence-corrected chi connectivity index (χ2v) is 9.32. The van der Waals surface area contributed by atoms with E-state index in [0.717, 1.165) is 23.3 Å². The van der Waals surface area contributed by atoms with Crippen molar-refractivity contribution in [1.29, 1.82) is 0 Å². The van der Waals surface area contributed by atoms with E-state index in [1.807, 2.05) is 36.4 Å². The Kier molecular flexibility index (Phi) is 5.18. The molecule has 0 bridgehead atoms. The average molecular weight is 367 g/mol. The summed E-state index contributed by atoms with van der Waals surface area (Å²) in [5.41, 5.74) is 3.22. The Morgan fingerprint density at radius 3 is 2.07 bits per heavy atom. The highest BCUT2D eigenvalue weighted by Crippen LogP contribution is 2.37. The van der Waals surface area contributed by atoms with Gasteiger partial charge in [0.15, 0.2) is 5.78 Å². The number of ether oxygens (including phenoxy) is 2. The van der Waals surface area contributed by atoms with Crippen molar-refractivity contribution < 1.29 is 14.3 Å². The van der Waals surface area contributed by atoms with Crippen LogP contribution in [0.25, 0.3) is 0 Å². The van der Waals surface area contributed by atoms with Crippen molar-refractivity contribution in [3.05, 3.63) is 64.7 Å². The van der Waals surface area contributed by atoms with E-state index in [1.165, 1.54) is 0 Å². The van der Waals surface area contributed by atoms with E-state index in [2.05, 4.69) is 47.6 Å². The number of benzene rings is 2. The Hall–Kier alpha value is -2.13. The molecule has 1 aliphatic heterocycles. The first kappa shape index (κ1) is 19.6. The first-order chi connectivity index (χ1) is 12.6. The van der Waals surface area contributed by atoms with Crippen molar-refractivity contribution in [1.82, 2.24) is 0 Å². The zero-order chi connectivity index (χ0) is 19.8. The first-order valence-electron chi connectivity index (χ1n) is 9.61. The van der Waals surface area contributed by atoms with Gasteiger partial charge in [0.1, 0.15) is 18.5 Å². The van der Waals surface area contributed by atoms with Crippen LogP contribution in [0.2, 0.25) is 0 Å². The molecule has 3 rings (SSSR count). The van der Waals surface area contributed by atoms with Crippen LogP contribution < -0.4 is 4.74 Å². The number of epoxide rings is 1. The smallest absolute Gasteiger partial charge is 0.197 e. The molecule has 0 N–H and O–H groups in total. The molecule has 144 valence electrons. The van der Waals surface area contributed by atoms with Gasteiger partial charge >= 0.3 is 0 Å². The molecular formula is C24H30O3. The predicted molar refractivity (Wildman–Crippen MR) is 109 cm³/mol. The minimum Gasteiger partial charge on any atom is -0.490 e. The Morgan fingerprint density at radius 1 is 0.926 bits per heavy atom. The fourth-order valence-electron chi connectivity index (χ4n) is 3.28. The highest BCUT2D eigenvalue weighted by atomic mass is 16.6. The van der Waals surface area contributed by atoms with Crippen LogP contribution in [0.4, 0.5) is 0 Å². The summed E-state index contributed by atoms with van der Waals surface area (Å²) in [5.74, 6) is 0.701.